The van der Waals surface area contributed by atoms with Crippen LogP contribution in [0.15, 0.2) is 29.2 Å². The van der Waals surface area contributed by atoms with Gasteiger partial charge in [-0.1, -0.05) is 19.1 Å². The van der Waals surface area contributed by atoms with E-state index in [0.29, 0.717) is 19.5 Å². The van der Waals surface area contributed by atoms with Gasteiger partial charge in [0.2, 0.25) is 11.8 Å². The molecule has 0 saturated carbocycles. The Hall–Kier alpha value is -2.42. The van der Waals surface area contributed by atoms with Gasteiger partial charge in [-0.25, -0.2) is 12.7 Å². The van der Waals surface area contributed by atoms with Crippen LogP contribution in [0.5, 0.6) is 0 Å². The van der Waals surface area contributed by atoms with Crippen LogP contribution in [-0.4, -0.2) is 72.0 Å². The maximum atomic E-state index is 12.8. The van der Waals surface area contributed by atoms with Crippen molar-refractivity contribution in [2.75, 3.05) is 19.6 Å². The van der Waals surface area contributed by atoms with Gasteiger partial charge in [-0.2, -0.15) is 0 Å². The number of rotatable bonds is 5. The van der Waals surface area contributed by atoms with Crippen molar-refractivity contribution in [1.82, 2.24) is 14.1 Å². The molecule has 2 atom stereocenters. The van der Waals surface area contributed by atoms with E-state index in [4.69, 9.17) is 0 Å². The van der Waals surface area contributed by atoms with E-state index in [9.17, 15) is 22.8 Å². The fourth-order valence-electron chi connectivity index (χ4n) is 4.00. The number of nitrogens with zero attached hydrogens (tertiary/aromatic N) is 3. The maximum Gasteiger partial charge on any atom is 0.269 e. The van der Waals surface area contributed by atoms with Crippen molar-refractivity contribution in [3.63, 3.8) is 0 Å². The van der Waals surface area contributed by atoms with E-state index in [0.717, 1.165) is 10.7 Å². The Labute approximate surface area is 171 Å². The summed E-state index contributed by atoms with van der Waals surface area (Å²) in [6.45, 7) is 6.44. The number of piperazine rings is 1. The van der Waals surface area contributed by atoms with Gasteiger partial charge in [-0.15, -0.1) is 0 Å². The van der Waals surface area contributed by atoms with Crippen LogP contribution < -0.4 is 0 Å². The minimum atomic E-state index is -3.91. The average Bonchev–Trinajstić information content (AvgIpc) is 2.88. The number of benzene rings is 1. The molecule has 0 radical (unpaired) electrons. The zero-order chi connectivity index (χ0) is 21.3. The monoisotopic (exact) mass is 421 g/mol. The second-order valence-electron chi connectivity index (χ2n) is 7.53. The van der Waals surface area contributed by atoms with Crippen LogP contribution in [0.1, 0.15) is 50.4 Å². The van der Waals surface area contributed by atoms with Gasteiger partial charge >= 0.3 is 0 Å². The molecule has 2 aliphatic heterocycles. The first kappa shape index (κ1) is 21.3. The summed E-state index contributed by atoms with van der Waals surface area (Å²) in [5.41, 5.74) is 0.144. The number of hydrogen-bond donors (Lipinski definition) is 0. The van der Waals surface area contributed by atoms with Crippen molar-refractivity contribution >= 4 is 27.7 Å². The summed E-state index contributed by atoms with van der Waals surface area (Å²) in [5, 5.41) is 0. The van der Waals surface area contributed by atoms with Crippen LogP contribution in [0, 0.1) is 0 Å². The van der Waals surface area contributed by atoms with Gasteiger partial charge in [-0.05, 0) is 32.4 Å². The summed E-state index contributed by atoms with van der Waals surface area (Å²) < 4.78 is 26.0. The first-order valence-corrected chi connectivity index (χ1v) is 11.4. The van der Waals surface area contributed by atoms with E-state index in [1.54, 1.807) is 17.0 Å². The van der Waals surface area contributed by atoms with Crippen molar-refractivity contribution in [2.24, 2.45) is 0 Å². The molecule has 0 unspecified atom stereocenters. The molecule has 158 valence electrons. The van der Waals surface area contributed by atoms with E-state index in [1.165, 1.54) is 12.1 Å². The minimum absolute atomic E-state index is 0.0116. The lowest BCUT2D eigenvalue weighted by Crippen LogP contribution is -2.60. The molecule has 0 N–H and O–H groups in total. The van der Waals surface area contributed by atoms with Crippen molar-refractivity contribution in [1.29, 1.82) is 0 Å². The maximum absolute atomic E-state index is 12.8. The quantitative estimate of drug-likeness (QED) is 0.718. The highest BCUT2D eigenvalue weighted by atomic mass is 32.2. The second kappa shape index (κ2) is 8.14. The van der Waals surface area contributed by atoms with Gasteiger partial charge in [0.1, 0.15) is 4.90 Å². The average molecular weight is 422 g/mol. The number of carbonyl (C=O) groups excluding carboxylic acids is 3. The Morgan fingerprint density at radius 1 is 1.00 bits per heavy atom. The third kappa shape index (κ3) is 3.75. The molecular weight excluding hydrogens is 394 g/mol. The summed E-state index contributed by atoms with van der Waals surface area (Å²) in [6, 6.07) is 5.77. The van der Waals surface area contributed by atoms with Crippen LogP contribution in [0.2, 0.25) is 0 Å². The Morgan fingerprint density at radius 2 is 1.55 bits per heavy atom. The molecule has 3 rings (SSSR count). The van der Waals surface area contributed by atoms with Crippen LogP contribution in [-0.2, 0) is 19.6 Å². The molecule has 8 nitrogen and oxygen atoms in total. The zero-order valence-electron chi connectivity index (χ0n) is 17.0. The third-order valence-corrected chi connectivity index (χ3v) is 7.65. The summed E-state index contributed by atoms with van der Waals surface area (Å²) in [5.74, 6) is -0.721. The van der Waals surface area contributed by atoms with E-state index in [1.807, 2.05) is 25.7 Å². The summed E-state index contributed by atoms with van der Waals surface area (Å²) in [6.07, 6.45) is 1.18. The predicted octanol–water partition coefficient (Wildman–Crippen LogP) is 1.47. The summed E-state index contributed by atoms with van der Waals surface area (Å²) in [7, 11) is -3.91. The third-order valence-electron chi connectivity index (χ3n) is 5.81. The molecule has 29 heavy (non-hydrogen) atoms. The molecule has 2 heterocycles. The largest absolute Gasteiger partial charge is 0.336 e. The number of hydrogen-bond acceptors (Lipinski definition) is 5. The highest BCUT2D eigenvalue weighted by molar-refractivity contribution is 7.90. The second-order valence-corrected chi connectivity index (χ2v) is 9.36. The van der Waals surface area contributed by atoms with Gasteiger partial charge in [0.05, 0.1) is 5.56 Å². The van der Waals surface area contributed by atoms with E-state index in [-0.39, 0.29) is 47.3 Å². The fourth-order valence-corrected chi connectivity index (χ4v) is 5.57. The molecule has 1 aromatic carbocycles. The Balaban J connectivity index is 1.65. The van der Waals surface area contributed by atoms with E-state index < -0.39 is 15.9 Å². The standard InChI is InChI=1S/C20H27N3O5S/c1-4-7-18(24)21-12-13-22(15(3)14(21)2)19(25)10-11-23-20(26)16-8-5-6-9-17(16)29(23,27)28/h5-6,8-9,14-15H,4,7,10-13H2,1-3H3/t14-,15-/m1/s1. The Morgan fingerprint density at radius 3 is 2.10 bits per heavy atom. The lowest BCUT2D eigenvalue weighted by molar-refractivity contribution is -0.146. The molecule has 1 saturated heterocycles. The molecule has 1 aromatic rings. The normalized spacial score (nSPS) is 23.3. The Kier molecular flexibility index (Phi) is 5.97. The Bertz CT molecular complexity index is 930. The highest BCUT2D eigenvalue weighted by Crippen LogP contribution is 2.30. The van der Waals surface area contributed by atoms with Crippen LogP contribution >= 0.6 is 0 Å². The molecule has 0 spiro atoms. The molecule has 1 fully saturated rings. The zero-order valence-corrected chi connectivity index (χ0v) is 17.8. The van der Waals surface area contributed by atoms with Gasteiger partial charge < -0.3 is 9.80 Å². The molecule has 0 bridgehead atoms. The van der Waals surface area contributed by atoms with Crippen LogP contribution in [0.4, 0.5) is 0 Å². The van der Waals surface area contributed by atoms with Crippen molar-refractivity contribution in [2.45, 2.75) is 57.0 Å². The van der Waals surface area contributed by atoms with Crippen molar-refractivity contribution in [3.8, 4) is 0 Å². The van der Waals surface area contributed by atoms with Crippen molar-refractivity contribution in [3.05, 3.63) is 29.8 Å². The first-order valence-electron chi connectivity index (χ1n) is 9.95. The molecule has 2 aliphatic rings. The van der Waals surface area contributed by atoms with Gasteiger partial charge in [0.15, 0.2) is 0 Å². The van der Waals surface area contributed by atoms with Crippen LogP contribution in [0.25, 0.3) is 0 Å². The molecule has 0 aromatic heterocycles. The van der Waals surface area contributed by atoms with E-state index >= 15 is 0 Å². The SMILES string of the molecule is CCCC(=O)N1CCN(C(=O)CCN2C(=O)c3ccccc3S2(=O)=O)[C@H](C)[C@H]1C. The van der Waals surface area contributed by atoms with E-state index in [2.05, 4.69) is 0 Å². The number of sulfonamides is 1. The van der Waals surface area contributed by atoms with Gasteiger partial charge in [0, 0.05) is 44.6 Å². The number of amides is 3. The summed E-state index contributed by atoms with van der Waals surface area (Å²) >= 11 is 0. The molecular formula is C20H27N3O5S. The van der Waals surface area contributed by atoms with Crippen molar-refractivity contribution < 1.29 is 22.8 Å². The van der Waals surface area contributed by atoms with Gasteiger partial charge in [0.25, 0.3) is 15.9 Å². The van der Waals surface area contributed by atoms with Gasteiger partial charge in [-0.3, -0.25) is 14.4 Å². The van der Waals surface area contributed by atoms with Crippen LogP contribution in [0.3, 0.4) is 0 Å². The number of carbonyl (C=O) groups is 3. The highest BCUT2D eigenvalue weighted by Gasteiger charge is 2.41. The predicted molar refractivity (Wildman–Crippen MR) is 107 cm³/mol. The fraction of sp³-hybridized carbons (Fsp3) is 0.550. The molecule has 3 amide bonds. The summed E-state index contributed by atoms with van der Waals surface area (Å²) in [4.78, 5) is 41.0. The molecule has 0 aliphatic carbocycles. The lowest BCUT2D eigenvalue weighted by atomic mass is 10.0. The number of fused-ring (bicyclic) bond motifs is 1. The minimum Gasteiger partial charge on any atom is -0.336 e. The lowest BCUT2D eigenvalue weighted by Gasteiger charge is -2.45. The smallest absolute Gasteiger partial charge is 0.269 e. The topological polar surface area (TPSA) is 95.1 Å². The molecule has 9 heteroatoms. The first-order chi connectivity index (χ1) is 13.7.